The van der Waals surface area contributed by atoms with Crippen molar-refractivity contribution in [3.8, 4) is 0 Å². The summed E-state index contributed by atoms with van der Waals surface area (Å²) < 4.78 is 0. The summed E-state index contributed by atoms with van der Waals surface area (Å²) in [5, 5.41) is 16.4. The van der Waals surface area contributed by atoms with E-state index in [4.69, 9.17) is 10.2 Å². The molecule has 0 saturated carbocycles. The molecule has 1 aromatic rings. The topological polar surface area (TPSA) is 70.4 Å². The fraction of sp³-hybridized carbons (Fsp3) is 0.429. The van der Waals surface area contributed by atoms with Crippen molar-refractivity contribution in [2.75, 3.05) is 6.61 Å². The molecule has 1 aromatic heterocycles. The predicted molar refractivity (Wildman–Crippen MR) is 71.3 cm³/mol. The molecular weight excluding hydrogens is 230 g/mol. The predicted octanol–water partition coefficient (Wildman–Crippen LogP) is 2.43. The summed E-state index contributed by atoms with van der Waals surface area (Å²) >= 11 is 0. The Morgan fingerprint density at radius 3 is 2.28 bits per heavy atom. The van der Waals surface area contributed by atoms with E-state index in [1.807, 2.05) is 24.5 Å². The van der Waals surface area contributed by atoms with E-state index in [9.17, 15) is 4.79 Å². The number of unbranched alkanes of at least 4 members (excludes halogenated alkanes) is 2. The maximum absolute atomic E-state index is 9.60. The largest absolute Gasteiger partial charge is 0.478 e. The third-order valence-corrected chi connectivity index (χ3v) is 2.24. The van der Waals surface area contributed by atoms with Gasteiger partial charge < -0.3 is 10.2 Å². The van der Waals surface area contributed by atoms with Crippen LogP contribution in [0.5, 0.6) is 0 Å². The highest BCUT2D eigenvalue weighted by Gasteiger charge is 1.91. The summed E-state index contributed by atoms with van der Waals surface area (Å²) in [5.41, 5.74) is 1.51. The Labute approximate surface area is 108 Å². The van der Waals surface area contributed by atoms with Gasteiger partial charge in [-0.15, -0.1) is 0 Å². The molecule has 2 N–H and O–H groups in total. The van der Waals surface area contributed by atoms with Crippen molar-refractivity contribution in [3.63, 3.8) is 0 Å². The summed E-state index contributed by atoms with van der Waals surface area (Å²) in [6.07, 6.45) is 7.93. The Morgan fingerprint density at radius 1 is 1.28 bits per heavy atom. The number of aryl methyl sites for hydroxylation is 1. The number of hydrogen-bond donors (Lipinski definition) is 2. The first kappa shape index (κ1) is 16.3. The second-order valence-corrected chi connectivity index (χ2v) is 3.98. The molecule has 1 heterocycles. The number of aliphatic carboxylic acids is 1. The smallest absolute Gasteiger partial charge is 0.330 e. The first-order valence-corrected chi connectivity index (χ1v) is 5.96. The first-order chi connectivity index (χ1) is 8.57. The average molecular weight is 251 g/mol. The minimum Gasteiger partial charge on any atom is -0.478 e. The highest BCUT2D eigenvalue weighted by atomic mass is 16.4. The molecule has 0 bridgehead atoms. The van der Waals surface area contributed by atoms with E-state index in [-0.39, 0.29) is 5.57 Å². The summed E-state index contributed by atoms with van der Waals surface area (Å²) in [7, 11) is 0. The highest BCUT2D eigenvalue weighted by molar-refractivity contribution is 5.84. The van der Waals surface area contributed by atoms with Crippen molar-refractivity contribution >= 4 is 5.97 Å². The molecule has 1 rings (SSSR count). The van der Waals surface area contributed by atoms with Crippen LogP contribution in [-0.4, -0.2) is 27.8 Å². The van der Waals surface area contributed by atoms with Crippen LogP contribution in [0.1, 0.15) is 31.7 Å². The number of carbonyl (C=O) groups is 1. The van der Waals surface area contributed by atoms with Crippen LogP contribution in [0.25, 0.3) is 0 Å². The monoisotopic (exact) mass is 251 g/mol. The zero-order valence-electron chi connectivity index (χ0n) is 10.8. The summed E-state index contributed by atoms with van der Waals surface area (Å²) in [4.78, 5) is 13.5. The summed E-state index contributed by atoms with van der Waals surface area (Å²) in [5.74, 6) is -0.935. The molecule has 0 saturated heterocycles. The fourth-order valence-electron chi connectivity index (χ4n) is 1.17. The summed E-state index contributed by atoms with van der Waals surface area (Å²) in [6.45, 7) is 4.92. The second-order valence-electron chi connectivity index (χ2n) is 3.98. The lowest BCUT2D eigenvalue weighted by molar-refractivity contribution is -0.132. The minimum absolute atomic E-state index is 0.176. The van der Waals surface area contributed by atoms with Crippen LogP contribution >= 0.6 is 0 Å². The van der Waals surface area contributed by atoms with E-state index >= 15 is 0 Å². The minimum atomic E-state index is -0.935. The van der Waals surface area contributed by atoms with Gasteiger partial charge >= 0.3 is 5.97 Å². The lowest BCUT2D eigenvalue weighted by Crippen LogP contribution is -1.92. The standard InChI is InChI=1S/C10H15NO.C4H6O2/c12-9-3-1-2-4-10-5-7-11-8-6-10;1-3(2)4(5)6/h5-8,12H,1-4,9H2;1H2,2H3,(H,5,6). The maximum atomic E-state index is 9.60. The molecule has 100 valence electrons. The van der Waals surface area contributed by atoms with Crippen LogP contribution in [0.3, 0.4) is 0 Å². The van der Waals surface area contributed by atoms with Crippen LogP contribution < -0.4 is 0 Å². The van der Waals surface area contributed by atoms with Crippen molar-refractivity contribution in [3.05, 3.63) is 42.2 Å². The molecule has 4 nitrogen and oxygen atoms in total. The SMILES string of the molecule is C=C(C)C(=O)O.OCCCCCc1ccncc1. The number of hydrogen-bond acceptors (Lipinski definition) is 3. The Balaban J connectivity index is 0.000000411. The number of pyridine rings is 1. The number of aromatic nitrogens is 1. The van der Waals surface area contributed by atoms with Gasteiger partial charge in [-0.1, -0.05) is 13.0 Å². The number of aliphatic hydroxyl groups excluding tert-OH is 1. The van der Waals surface area contributed by atoms with Gasteiger partial charge in [0.25, 0.3) is 0 Å². The van der Waals surface area contributed by atoms with Crippen molar-refractivity contribution < 1.29 is 15.0 Å². The lowest BCUT2D eigenvalue weighted by Gasteiger charge is -1.98. The number of carboxylic acids is 1. The van der Waals surface area contributed by atoms with E-state index in [1.54, 1.807) is 0 Å². The number of carboxylic acid groups (broad SMARTS) is 1. The molecule has 0 fully saturated rings. The number of aliphatic hydroxyl groups is 1. The van der Waals surface area contributed by atoms with Gasteiger partial charge in [0.05, 0.1) is 0 Å². The van der Waals surface area contributed by atoms with Crippen molar-refractivity contribution in [2.24, 2.45) is 0 Å². The quantitative estimate of drug-likeness (QED) is 0.601. The van der Waals surface area contributed by atoms with Gasteiger partial charge in [0.2, 0.25) is 0 Å². The van der Waals surface area contributed by atoms with Crippen LogP contribution in [0.4, 0.5) is 0 Å². The van der Waals surface area contributed by atoms with Crippen LogP contribution in [0.2, 0.25) is 0 Å². The van der Waals surface area contributed by atoms with Crippen molar-refractivity contribution in [1.82, 2.24) is 4.98 Å². The lowest BCUT2D eigenvalue weighted by atomic mass is 10.1. The van der Waals surface area contributed by atoms with Gasteiger partial charge in [-0.2, -0.15) is 0 Å². The fourth-order valence-corrected chi connectivity index (χ4v) is 1.17. The third-order valence-electron chi connectivity index (χ3n) is 2.24. The van der Waals surface area contributed by atoms with Crippen LogP contribution in [0, 0.1) is 0 Å². The molecule has 0 spiro atoms. The number of nitrogens with zero attached hydrogens (tertiary/aromatic N) is 1. The summed E-state index contributed by atoms with van der Waals surface area (Å²) in [6, 6.07) is 4.08. The molecule has 0 aliphatic heterocycles. The van der Waals surface area contributed by atoms with Crippen LogP contribution in [0.15, 0.2) is 36.7 Å². The van der Waals surface area contributed by atoms with Gasteiger partial charge in [0.15, 0.2) is 0 Å². The molecule has 0 aromatic carbocycles. The zero-order valence-corrected chi connectivity index (χ0v) is 10.8. The molecule has 18 heavy (non-hydrogen) atoms. The van der Waals surface area contributed by atoms with E-state index < -0.39 is 5.97 Å². The third kappa shape index (κ3) is 9.54. The molecule has 4 heteroatoms. The van der Waals surface area contributed by atoms with Gasteiger partial charge in [0.1, 0.15) is 0 Å². The van der Waals surface area contributed by atoms with Crippen LogP contribution in [-0.2, 0) is 11.2 Å². The molecule has 0 amide bonds. The first-order valence-electron chi connectivity index (χ1n) is 5.96. The molecule has 0 aliphatic carbocycles. The van der Waals surface area contributed by atoms with E-state index in [0.717, 1.165) is 25.7 Å². The number of rotatable bonds is 6. The zero-order chi connectivity index (χ0) is 13.8. The van der Waals surface area contributed by atoms with Gasteiger partial charge in [-0.25, -0.2) is 4.79 Å². The Hall–Kier alpha value is -1.68. The Kier molecular flexibility index (Phi) is 9.50. The molecule has 0 unspecified atom stereocenters. The van der Waals surface area contributed by atoms with Gasteiger partial charge in [-0.3, -0.25) is 4.98 Å². The molecular formula is C14H21NO3. The maximum Gasteiger partial charge on any atom is 0.330 e. The second kappa shape index (κ2) is 10.5. The van der Waals surface area contributed by atoms with E-state index in [0.29, 0.717) is 6.61 Å². The molecule has 0 radical (unpaired) electrons. The molecule has 0 atom stereocenters. The van der Waals surface area contributed by atoms with Crippen molar-refractivity contribution in [1.29, 1.82) is 0 Å². The molecule has 0 aliphatic rings. The van der Waals surface area contributed by atoms with E-state index in [2.05, 4.69) is 11.6 Å². The highest BCUT2D eigenvalue weighted by Crippen LogP contribution is 2.04. The Morgan fingerprint density at radius 2 is 1.83 bits per heavy atom. The normalized spacial score (nSPS) is 9.22. The van der Waals surface area contributed by atoms with E-state index in [1.165, 1.54) is 12.5 Å². The average Bonchev–Trinajstić information content (AvgIpc) is 2.36. The Bertz CT molecular complexity index is 337. The van der Waals surface area contributed by atoms with Gasteiger partial charge in [-0.05, 0) is 43.9 Å². The van der Waals surface area contributed by atoms with Crippen molar-refractivity contribution in [2.45, 2.75) is 32.6 Å². The van der Waals surface area contributed by atoms with Gasteiger partial charge in [0, 0.05) is 24.6 Å².